The topological polar surface area (TPSA) is 47.3 Å². The molecule has 24 heavy (non-hydrogen) atoms. The van der Waals surface area contributed by atoms with Crippen molar-refractivity contribution in [1.29, 1.82) is 0 Å². The van der Waals surface area contributed by atoms with Gasteiger partial charge in [0.05, 0.1) is 9.55 Å². The molecule has 0 aliphatic carbocycles. The van der Waals surface area contributed by atoms with Crippen LogP contribution in [0.4, 0.5) is 0 Å². The molecular formula is C17H9BrClN3OS. The van der Waals surface area contributed by atoms with Crippen LogP contribution in [0, 0.1) is 0 Å². The van der Waals surface area contributed by atoms with E-state index in [1.54, 1.807) is 6.07 Å². The molecule has 0 aliphatic heterocycles. The molecule has 118 valence electrons. The van der Waals surface area contributed by atoms with Gasteiger partial charge in [0.15, 0.2) is 5.82 Å². The van der Waals surface area contributed by atoms with Crippen molar-refractivity contribution in [3.63, 3.8) is 0 Å². The Morgan fingerprint density at radius 3 is 2.58 bits per heavy atom. The largest absolute Gasteiger partial charge is 0.276 e. The molecule has 0 saturated heterocycles. The van der Waals surface area contributed by atoms with Crippen molar-refractivity contribution in [3.8, 4) is 11.4 Å². The maximum Gasteiger partial charge on any atom is 0.276 e. The van der Waals surface area contributed by atoms with Crippen molar-refractivity contribution in [1.82, 2.24) is 14.6 Å². The summed E-state index contributed by atoms with van der Waals surface area (Å²) in [4.78, 5) is 13.3. The molecule has 7 heteroatoms. The van der Waals surface area contributed by atoms with Gasteiger partial charge in [0, 0.05) is 10.0 Å². The Morgan fingerprint density at radius 2 is 1.83 bits per heavy atom. The Morgan fingerprint density at radius 1 is 1.08 bits per heavy atom. The lowest BCUT2D eigenvalue weighted by Crippen LogP contribution is -2.23. The minimum absolute atomic E-state index is 0.141. The number of hydrogen-bond acceptors (Lipinski definition) is 4. The molecule has 0 radical (unpaired) electrons. The third kappa shape index (κ3) is 2.66. The van der Waals surface area contributed by atoms with Gasteiger partial charge in [-0.1, -0.05) is 63.1 Å². The normalized spacial score (nSPS) is 12.2. The van der Waals surface area contributed by atoms with Crippen LogP contribution in [0.2, 0.25) is 5.02 Å². The maximum absolute atomic E-state index is 12.8. The van der Waals surface area contributed by atoms with Crippen molar-refractivity contribution >= 4 is 49.9 Å². The van der Waals surface area contributed by atoms with Gasteiger partial charge in [-0.2, -0.15) is 0 Å². The van der Waals surface area contributed by atoms with Crippen LogP contribution in [-0.4, -0.2) is 14.6 Å². The number of nitrogens with zero attached hydrogens (tertiary/aromatic N) is 3. The lowest BCUT2D eigenvalue weighted by molar-refractivity contribution is 1.09. The van der Waals surface area contributed by atoms with E-state index in [-0.39, 0.29) is 5.56 Å². The molecule has 0 fully saturated rings. The molecule has 2 aromatic carbocycles. The number of fused-ring (bicyclic) bond motifs is 1. The summed E-state index contributed by atoms with van der Waals surface area (Å²) in [6, 6.07) is 15.0. The summed E-state index contributed by atoms with van der Waals surface area (Å²) < 4.78 is 3.11. The first-order chi connectivity index (χ1) is 11.6. The fourth-order valence-electron chi connectivity index (χ4n) is 2.39. The molecule has 0 spiro atoms. The number of benzene rings is 2. The van der Waals surface area contributed by atoms with Crippen molar-refractivity contribution in [2.45, 2.75) is 0 Å². The minimum Gasteiger partial charge on any atom is -0.267 e. The van der Waals surface area contributed by atoms with Crippen LogP contribution in [-0.2, 0) is 0 Å². The van der Waals surface area contributed by atoms with Crippen molar-refractivity contribution in [2.75, 3.05) is 0 Å². The molecule has 0 unspecified atom stereocenters. The summed E-state index contributed by atoms with van der Waals surface area (Å²) >= 11 is 10.9. The number of aromatic nitrogens is 3. The van der Waals surface area contributed by atoms with Crippen LogP contribution in [0.25, 0.3) is 22.4 Å². The third-order valence-electron chi connectivity index (χ3n) is 3.53. The van der Waals surface area contributed by atoms with Crippen LogP contribution in [0.3, 0.4) is 0 Å². The highest BCUT2D eigenvalue weighted by Crippen LogP contribution is 2.25. The van der Waals surface area contributed by atoms with Crippen LogP contribution in [0.1, 0.15) is 5.56 Å². The van der Waals surface area contributed by atoms with Crippen molar-refractivity contribution < 1.29 is 0 Å². The smallest absolute Gasteiger partial charge is 0.267 e. The highest BCUT2D eigenvalue weighted by molar-refractivity contribution is 9.10. The number of thiazole rings is 1. The van der Waals surface area contributed by atoms with Gasteiger partial charge in [-0.25, -0.2) is 4.40 Å². The molecule has 0 N–H and O–H groups in total. The Labute approximate surface area is 154 Å². The summed E-state index contributed by atoms with van der Waals surface area (Å²) in [5.74, 6) is 0.465. The van der Waals surface area contributed by atoms with E-state index in [1.807, 2.05) is 48.5 Å². The van der Waals surface area contributed by atoms with E-state index in [2.05, 4.69) is 26.1 Å². The monoisotopic (exact) mass is 417 g/mol. The highest BCUT2D eigenvalue weighted by Gasteiger charge is 2.15. The van der Waals surface area contributed by atoms with E-state index in [9.17, 15) is 4.79 Å². The van der Waals surface area contributed by atoms with Crippen molar-refractivity contribution in [2.24, 2.45) is 0 Å². The zero-order valence-electron chi connectivity index (χ0n) is 12.1. The van der Waals surface area contributed by atoms with E-state index in [1.165, 1.54) is 15.7 Å². The fourth-order valence-corrected chi connectivity index (χ4v) is 3.79. The zero-order valence-corrected chi connectivity index (χ0v) is 15.3. The molecule has 2 aromatic heterocycles. The molecule has 2 heterocycles. The highest BCUT2D eigenvalue weighted by atomic mass is 79.9. The second-order valence-electron chi connectivity index (χ2n) is 5.09. The molecule has 0 amide bonds. The fraction of sp³-hybridized carbons (Fsp3) is 0. The predicted octanol–water partition coefficient (Wildman–Crippen LogP) is 3.78. The molecule has 0 atom stereocenters. The standard InChI is InChI=1S/C17H9BrClN3OS/c18-11-7-5-10(6-8-11)9-14-16(23)22-15(20-21-17(22)24-14)12-3-1-2-4-13(12)19/h1-9H. The molecule has 0 bridgehead atoms. The maximum atomic E-state index is 12.8. The summed E-state index contributed by atoms with van der Waals surface area (Å²) in [5.41, 5.74) is 1.50. The van der Waals surface area contributed by atoms with Gasteiger partial charge >= 0.3 is 0 Å². The van der Waals surface area contributed by atoms with Gasteiger partial charge in [-0.05, 0) is 35.9 Å². The Balaban J connectivity index is 1.93. The second-order valence-corrected chi connectivity index (χ2v) is 7.42. The number of hydrogen-bond donors (Lipinski definition) is 0. The average Bonchev–Trinajstić information content (AvgIpc) is 3.11. The molecule has 4 aromatic rings. The second kappa shape index (κ2) is 6.12. The number of rotatable bonds is 2. The van der Waals surface area contributed by atoms with E-state index in [0.717, 1.165) is 10.0 Å². The Bertz CT molecular complexity index is 1150. The van der Waals surface area contributed by atoms with Gasteiger partial charge in [0.1, 0.15) is 0 Å². The van der Waals surface area contributed by atoms with Crippen LogP contribution >= 0.6 is 38.9 Å². The van der Waals surface area contributed by atoms with Gasteiger partial charge in [-0.3, -0.25) is 4.79 Å². The molecule has 0 aliphatic rings. The molecule has 0 saturated carbocycles. The summed E-state index contributed by atoms with van der Waals surface area (Å²) in [6.07, 6.45) is 1.85. The van der Waals surface area contributed by atoms with Gasteiger partial charge in [0.25, 0.3) is 5.56 Å². The van der Waals surface area contributed by atoms with E-state index >= 15 is 0 Å². The first-order valence-electron chi connectivity index (χ1n) is 7.03. The van der Waals surface area contributed by atoms with Gasteiger partial charge in [0.2, 0.25) is 4.96 Å². The van der Waals surface area contributed by atoms with Crippen LogP contribution in [0.15, 0.2) is 57.8 Å². The van der Waals surface area contributed by atoms with Crippen LogP contribution in [0.5, 0.6) is 0 Å². The molecular weight excluding hydrogens is 410 g/mol. The molecule has 4 nitrogen and oxygen atoms in total. The SMILES string of the molecule is O=c1c(=Cc2ccc(Br)cc2)sc2nnc(-c3ccccc3Cl)n12. The summed E-state index contributed by atoms with van der Waals surface area (Å²) in [6.45, 7) is 0. The zero-order chi connectivity index (χ0) is 16.7. The average molecular weight is 419 g/mol. The lowest BCUT2D eigenvalue weighted by atomic mass is 10.2. The lowest BCUT2D eigenvalue weighted by Gasteiger charge is -1.99. The first kappa shape index (κ1) is 15.5. The van der Waals surface area contributed by atoms with E-state index < -0.39 is 0 Å². The van der Waals surface area contributed by atoms with E-state index in [4.69, 9.17) is 11.6 Å². The minimum atomic E-state index is -0.141. The Kier molecular flexibility index (Phi) is 3.96. The van der Waals surface area contributed by atoms with Gasteiger partial charge < -0.3 is 0 Å². The van der Waals surface area contributed by atoms with E-state index in [0.29, 0.717) is 25.9 Å². The number of halogens is 2. The third-order valence-corrected chi connectivity index (χ3v) is 5.35. The summed E-state index contributed by atoms with van der Waals surface area (Å²) in [5, 5.41) is 8.78. The molecule has 4 rings (SSSR count). The quantitative estimate of drug-likeness (QED) is 0.498. The van der Waals surface area contributed by atoms with Crippen molar-refractivity contribution in [3.05, 3.63) is 78.5 Å². The predicted molar refractivity (Wildman–Crippen MR) is 101 cm³/mol. The first-order valence-corrected chi connectivity index (χ1v) is 9.02. The summed E-state index contributed by atoms with van der Waals surface area (Å²) in [7, 11) is 0. The van der Waals surface area contributed by atoms with Crippen LogP contribution < -0.4 is 10.1 Å². The van der Waals surface area contributed by atoms with Gasteiger partial charge in [-0.15, -0.1) is 10.2 Å². The Hall–Kier alpha value is -2.02.